The predicted molar refractivity (Wildman–Crippen MR) is 106 cm³/mol. The molecular weight excluding hydrogens is 455 g/mol. The molecule has 1 saturated heterocycles. The number of rotatable bonds is 6. The molecule has 0 spiro atoms. The molecule has 8 nitrogen and oxygen atoms in total. The molecular formula is C20H19F5N4O4. The van der Waals surface area contributed by atoms with Crippen LogP contribution in [0.2, 0.25) is 0 Å². The summed E-state index contributed by atoms with van der Waals surface area (Å²) in [6, 6.07) is 2.64. The molecule has 178 valence electrons. The zero-order valence-corrected chi connectivity index (χ0v) is 17.4. The highest BCUT2D eigenvalue weighted by atomic mass is 19.4. The van der Waals surface area contributed by atoms with Gasteiger partial charge in [0.15, 0.2) is 17.2 Å². The van der Waals surface area contributed by atoms with Crippen LogP contribution in [0.4, 0.5) is 33.3 Å². The number of nitrogens with one attached hydrogen (secondary N) is 1. The summed E-state index contributed by atoms with van der Waals surface area (Å²) in [7, 11) is 1.86. The standard InChI is InChI=1S/C20H19F5N4O4/c1-32-16-13(4-3-11(21)15(16)22)29-9-19(33-2,20(23,24)25)8-14(29)18(31)28-10-5-6-27-12(7-10)17(26)30/h3-7,14H,8-9H2,1-2H3,(H2,26,30)(H,27,28,31). The van der Waals surface area contributed by atoms with Gasteiger partial charge in [-0.15, -0.1) is 0 Å². The minimum absolute atomic E-state index is 0.0444. The number of hydrogen-bond donors (Lipinski definition) is 2. The second kappa shape index (κ2) is 8.81. The number of ether oxygens (including phenoxy) is 2. The first-order chi connectivity index (χ1) is 15.4. The monoisotopic (exact) mass is 474 g/mol. The number of pyridine rings is 1. The Bertz CT molecular complexity index is 1080. The molecule has 33 heavy (non-hydrogen) atoms. The van der Waals surface area contributed by atoms with Crippen molar-refractivity contribution in [1.82, 2.24) is 4.98 Å². The number of alkyl halides is 3. The van der Waals surface area contributed by atoms with Gasteiger partial charge < -0.3 is 25.4 Å². The van der Waals surface area contributed by atoms with Crippen LogP contribution >= 0.6 is 0 Å². The van der Waals surface area contributed by atoms with E-state index in [2.05, 4.69) is 10.3 Å². The van der Waals surface area contributed by atoms with E-state index in [1.807, 2.05) is 0 Å². The lowest BCUT2D eigenvalue weighted by Crippen LogP contribution is -2.49. The summed E-state index contributed by atoms with van der Waals surface area (Å²) in [5, 5.41) is 2.40. The van der Waals surface area contributed by atoms with E-state index in [9.17, 15) is 31.5 Å². The first-order valence-electron chi connectivity index (χ1n) is 9.41. The molecule has 1 aliphatic heterocycles. The lowest BCUT2D eigenvalue weighted by Gasteiger charge is -2.31. The number of amides is 2. The first-order valence-corrected chi connectivity index (χ1v) is 9.41. The van der Waals surface area contributed by atoms with E-state index < -0.39 is 60.0 Å². The van der Waals surface area contributed by atoms with Crippen molar-refractivity contribution in [2.24, 2.45) is 5.73 Å². The second-order valence-electron chi connectivity index (χ2n) is 7.24. The van der Waals surface area contributed by atoms with Gasteiger partial charge in [-0.25, -0.2) is 4.39 Å². The lowest BCUT2D eigenvalue weighted by atomic mass is 9.99. The van der Waals surface area contributed by atoms with Gasteiger partial charge in [0, 0.05) is 25.4 Å². The molecule has 2 heterocycles. The van der Waals surface area contributed by atoms with Crippen molar-refractivity contribution in [3.8, 4) is 5.75 Å². The van der Waals surface area contributed by atoms with Crippen molar-refractivity contribution in [1.29, 1.82) is 0 Å². The van der Waals surface area contributed by atoms with Crippen LogP contribution in [0.3, 0.4) is 0 Å². The Hall–Kier alpha value is -3.48. The predicted octanol–water partition coefficient (Wildman–Crippen LogP) is 2.63. The summed E-state index contributed by atoms with van der Waals surface area (Å²) in [5.74, 6) is -5.17. The summed E-state index contributed by atoms with van der Waals surface area (Å²) >= 11 is 0. The van der Waals surface area contributed by atoms with Crippen molar-refractivity contribution in [3.63, 3.8) is 0 Å². The third-order valence-corrected chi connectivity index (χ3v) is 5.36. The molecule has 2 amide bonds. The molecule has 3 N–H and O–H groups in total. The summed E-state index contributed by atoms with van der Waals surface area (Å²) in [6.45, 7) is -0.893. The van der Waals surface area contributed by atoms with E-state index >= 15 is 0 Å². The van der Waals surface area contributed by atoms with E-state index in [4.69, 9.17) is 15.2 Å². The number of methoxy groups -OCH3 is 2. The number of carbonyl (C=O) groups is 2. The number of carbonyl (C=O) groups excluding carboxylic acids is 2. The molecule has 2 unspecified atom stereocenters. The van der Waals surface area contributed by atoms with Crippen LogP contribution in [0.15, 0.2) is 30.5 Å². The molecule has 2 aromatic rings. The molecule has 1 aromatic heterocycles. The van der Waals surface area contributed by atoms with Crippen LogP contribution in [-0.4, -0.2) is 55.4 Å². The Morgan fingerprint density at radius 2 is 1.94 bits per heavy atom. The van der Waals surface area contributed by atoms with Gasteiger partial charge in [0.25, 0.3) is 5.91 Å². The number of nitrogens with zero attached hydrogens (tertiary/aromatic N) is 2. The van der Waals surface area contributed by atoms with Gasteiger partial charge in [-0.1, -0.05) is 0 Å². The van der Waals surface area contributed by atoms with Crippen LogP contribution in [0.25, 0.3) is 0 Å². The smallest absolute Gasteiger partial charge is 0.419 e. The summed E-state index contributed by atoms with van der Waals surface area (Å²) in [5.41, 5.74) is 1.97. The van der Waals surface area contributed by atoms with Crippen molar-refractivity contribution < 1.29 is 41.0 Å². The van der Waals surface area contributed by atoms with Crippen LogP contribution in [0.5, 0.6) is 5.75 Å². The number of nitrogens with two attached hydrogens (primary N) is 1. The number of halogens is 5. The molecule has 0 radical (unpaired) electrons. The second-order valence-corrected chi connectivity index (χ2v) is 7.24. The number of hydrogen-bond acceptors (Lipinski definition) is 6. The largest absolute Gasteiger partial charge is 0.491 e. The number of anilines is 2. The summed E-state index contributed by atoms with van der Waals surface area (Å²) < 4.78 is 79.4. The number of primary amides is 1. The van der Waals surface area contributed by atoms with Gasteiger partial charge in [-0.3, -0.25) is 14.6 Å². The Balaban J connectivity index is 2.05. The quantitative estimate of drug-likeness (QED) is 0.624. The number of aromatic nitrogens is 1. The minimum atomic E-state index is -4.89. The fraction of sp³-hybridized carbons (Fsp3) is 0.350. The summed E-state index contributed by atoms with van der Waals surface area (Å²) in [6.07, 6.45) is -4.57. The molecule has 1 fully saturated rings. The molecule has 13 heteroatoms. The van der Waals surface area contributed by atoms with Crippen LogP contribution in [0.1, 0.15) is 16.9 Å². The molecule has 0 aliphatic carbocycles. The Labute approximate surface area is 184 Å². The maximum atomic E-state index is 14.3. The lowest BCUT2D eigenvalue weighted by molar-refractivity contribution is -0.261. The molecule has 1 aromatic carbocycles. The van der Waals surface area contributed by atoms with Crippen molar-refractivity contribution in [2.45, 2.75) is 24.2 Å². The highest BCUT2D eigenvalue weighted by molar-refractivity contribution is 5.99. The summed E-state index contributed by atoms with van der Waals surface area (Å²) in [4.78, 5) is 29.0. The average Bonchev–Trinajstić information content (AvgIpc) is 3.17. The third kappa shape index (κ3) is 4.40. The van der Waals surface area contributed by atoms with E-state index in [1.54, 1.807) is 0 Å². The molecule has 3 rings (SSSR count). The van der Waals surface area contributed by atoms with Crippen LogP contribution in [0, 0.1) is 11.6 Å². The SMILES string of the molecule is COc1c(N2CC(OC)(C(F)(F)F)CC2C(=O)Nc2ccnc(C(N)=O)c2)ccc(F)c1F. The fourth-order valence-corrected chi connectivity index (χ4v) is 3.64. The van der Waals surface area contributed by atoms with Crippen molar-refractivity contribution in [3.05, 3.63) is 47.8 Å². The Kier molecular flexibility index (Phi) is 6.45. The van der Waals surface area contributed by atoms with Crippen LogP contribution < -0.4 is 20.7 Å². The van der Waals surface area contributed by atoms with Gasteiger partial charge >= 0.3 is 6.18 Å². The Morgan fingerprint density at radius 1 is 1.24 bits per heavy atom. The minimum Gasteiger partial charge on any atom is -0.491 e. The van der Waals surface area contributed by atoms with Gasteiger partial charge in [0.2, 0.25) is 11.7 Å². The molecule has 1 aliphatic rings. The van der Waals surface area contributed by atoms with E-state index in [1.165, 1.54) is 12.3 Å². The molecule has 0 saturated carbocycles. The van der Waals surface area contributed by atoms with E-state index in [0.29, 0.717) is 6.07 Å². The maximum absolute atomic E-state index is 14.3. The normalized spacial score (nSPS) is 20.6. The highest BCUT2D eigenvalue weighted by Gasteiger charge is 2.63. The first kappa shape index (κ1) is 24.2. The maximum Gasteiger partial charge on any atom is 0.419 e. The van der Waals surface area contributed by atoms with Crippen molar-refractivity contribution >= 4 is 23.2 Å². The zero-order chi connectivity index (χ0) is 24.6. The highest BCUT2D eigenvalue weighted by Crippen LogP contribution is 2.47. The van der Waals surface area contributed by atoms with E-state index in [-0.39, 0.29) is 17.1 Å². The van der Waals surface area contributed by atoms with Crippen LogP contribution in [-0.2, 0) is 9.53 Å². The zero-order valence-electron chi connectivity index (χ0n) is 17.4. The fourth-order valence-electron chi connectivity index (χ4n) is 3.64. The molecule has 2 atom stereocenters. The van der Waals surface area contributed by atoms with Gasteiger partial charge in [0.1, 0.15) is 11.7 Å². The molecule has 0 bridgehead atoms. The van der Waals surface area contributed by atoms with Gasteiger partial charge in [-0.05, 0) is 24.3 Å². The average molecular weight is 474 g/mol. The topological polar surface area (TPSA) is 107 Å². The van der Waals surface area contributed by atoms with Crippen molar-refractivity contribution in [2.75, 3.05) is 31.0 Å². The number of benzene rings is 1. The Morgan fingerprint density at radius 3 is 2.52 bits per heavy atom. The van der Waals surface area contributed by atoms with E-state index in [0.717, 1.165) is 31.3 Å². The third-order valence-electron chi connectivity index (χ3n) is 5.36. The van der Waals surface area contributed by atoms with Gasteiger partial charge in [0.05, 0.1) is 19.3 Å². The van der Waals surface area contributed by atoms with Gasteiger partial charge in [-0.2, -0.15) is 17.6 Å².